The number of pyridine rings is 1. The van der Waals surface area contributed by atoms with Crippen molar-refractivity contribution in [3.63, 3.8) is 0 Å². The second-order valence-corrected chi connectivity index (χ2v) is 10.3. The van der Waals surface area contributed by atoms with Gasteiger partial charge in [-0.05, 0) is 55.3 Å². The van der Waals surface area contributed by atoms with Crippen molar-refractivity contribution in [2.45, 2.75) is 26.6 Å². The number of benzene rings is 2. The number of ether oxygens (including phenoxy) is 4. The minimum atomic E-state index is -0.586. The number of thiazole rings is 1. The topological polar surface area (TPSA) is 138 Å². The number of aryl methyl sites for hydroxylation is 2. The molecular weight excluding hydrogens is 534 g/mol. The van der Waals surface area contributed by atoms with Gasteiger partial charge in [-0.1, -0.05) is 0 Å². The molecule has 5 aromatic rings. The third-order valence-corrected chi connectivity index (χ3v) is 7.42. The standard InChI is InChI=1S/C28H25N5O6S/c1-14-6-21-25(37-12-18(39-21)13-38-28(35)31-17-4-5-29-15(2)7-17)26-23(14)33-27(40-26)19-8-16(11-34)9-20-24(19)30-10-22(32-20)36-3/h4-10,18,34H,11-13H2,1-3H3,(H,29,31,35)/t18-/m1/s1. The smallest absolute Gasteiger partial charge is 0.411 e. The third kappa shape index (κ3) is 4.94. The number of aliphatic hydroxyl groups excluding tert-OH is 1. The van der Waals surface area contributed by atoms with E-state index in [1.54, 1.807) is 30.6 Å². The molecule has 1 atom stereocenters. The van der Waals surface area contributed by atoms with Gasteiger partial charge in [-0.3, -0.25) is 10.3 Å². The van der Waals surface area contributed by atoms with Gasteiger partial charge in [0, 0.05) is 23.1 Å². The van der Waals surface area contributed by atoms with Crippen molar-refractivity contribution in [1.29, 1.82) is 0 Å². The number of fused-ring (bicyclic) bond motifs is 4. The first kappa shape index (κ1) is 25.7. The zero-order valence-corrected chi connectivity index (χ0v) is 22.7. The van der Waals surface area contributed by atoms with Gasteiger partial charge in [0.15, 0.2) is 17.6 Å². The summed E-state index contributed by atoms with van der Waals surface area (Å²) in [6.07, 6.45) is 2.11. The first-order valence-electron chi connectivity index (χ1n) is 12.5. The molecule has 4 heterocycles. The van der Waals surface area contributed by atoms with Crippen molar-refractivity contribution in [1.82, 2.24) is 19.9 Å². The highest BCUT2D eigenvalue weighted by Crippen LogP contribution is 2.46. The number of aromatic nitrogens is 4. The highest BCUT2D eigenvalue weighted by Gasteiger charge is 2.27. The molecule has 12 heteroatoms. The van der Waals surface area contributed by atoms with Crippen LogP contribution in [0.4, 0.5) is 10.5 Å². The summed E-state index contributed by atoms with van der Waals surface area (Å²) in [6.45, 7) is 3.86. The van der Waals surface area contributed by atoms with E-state index in [0.29, 0.717) is 44.7 Å². The second kappa shape index (κ2) is 10.5. The van der Waals surface area contributed by atoms with E-state index in [0.717, 1.165) is 27.0 Å². The van der Waals surface area contributed by atoms with Gasteiger partial charge in [0.2, 0.25) is 5.88 Å². The lowest BCUT2D eigenvalue weighted by molar-refractivity contribution is 0.0383. The maximum Gasteiger partial charge on any atom is 0.411 e. The molecule has 0 saturated carbocycles. The molecular formula is C28H25N5O6S. The molecule has 3 aromatic heterocycles. The molecule has 40 heavy (non-hydrogen) atoms. The summed E-state index contributed by atoms with van der Waals surface area (Å²) >= 11 is 1.45. The maximum atomic E-state index is 12.3. The Bertz CT molecular complexity index is 1750. The molecule has 0 saturated heterocycles. The molecule has 11 nitrogen and oxygen atoms in total. The van der Waals surface area contributed by atoms with Crippen LogP contribution in [-0.4, -0.2) is 57.6 Å². The molecule has 0 radical (unpaired) electrons. The van der Waals surface area contributed by atoms with Gasteiger partial charge in [0.25, 0.3) is 0 Å². The fourth-order valence-electron chi connectivity index (χ4n) is 4.46. The highest BCUT2D eigenvalue weighted by atomic mass is 32.1. The van der Waals surface area contributed by atoms with Crippen LogP contribution in [0.5, 0.6) is 17.4 Å². The van der Waals surface area contributed by atoms with Crippen LogP contribution in [0.1, 0.15) is 16.8 Å². The predicted molar refractivity (Wildman–Crippen MR) is 149 cm³/mol. The fourth-order valence-corrected chi connectivity index (χ4v) is 5.61. The number of carbonyl (C=O) groups is 1. The van der Waals surface area contributed by atoms with Crippen molar-refractivity contribution >= 4 is 44.4 Å². The molecule has 0 fully saturated rings. The van der Waals surface area contributed by atoms with E-state index in [1.165, 1.54) is 18.4 Å². The Kier molecular flexibility index (Phi) is 6.78. The van der Waals surface area contributed by atoms with E-state index < -0.39 is 12.2 Å². The van der Waals surface area contributed by atoms with Crippen LogP contribution >= 0.6 is 11.3 Å². The first-order chi connectivity index (χ1) is 19.4. The molecule has 0 bridgehead atoms. The Morgan fingerprint density at radius 3 is 2.85 bits per heavy atom. The van der Waals surface area contributed by atoms with Crippen LogP contribution < -0.4 is 19.5 Å². The lowest BCUT2D eigenvalue weighted by Gasteiger charge is -2.26. The summed E-state index contributed by atoms with van der Waals surface area (Å²) in [5.41, 5.74) is 5.77. The van der Waals surface area contributed by atoms with E-state index in [-0.39, 0.29) is 19.8 Å². The number of amides is 1. The predicted octanol–water partition coefficient (Wildman–Crippen LogP) is 4.81. The molecule has 1 aliphatic rings. The number of carbonyl (C=O) groups excluding carboxylic acids is 1. The summed E-state index contributed by atoms with van der Waals surface area (Å²) in [6, 6.07) is 8.97. The molecule has 0 spiro atoms. The minimum absolute atomic E-state index is 0.0163. The van der Waals surface area contributed by atoms with Gasteiger partial charge >= 0.3 is 6.09 Å². The molecule has 0 aliphatic carbocycles. The van der Waals surface area contributed by atoms with Crippen LogP contribution in [0, 0.1) is 13.8 Å². The molecule has 204 valence electrons. The number of anilines is 1. The average molecular weight is 560 g/mol. The first-order valence-corrected chi connectivity index (χ1v) is 13.3. The SMILES string of the molecule is COc1cnc2c(-c3nc4c(C)cc5c(c4s3)OC[C@H](COC(=O)Nc3ccnc(C)c3)O5)cc(CO)cc2n1. The van der Waals surface area contributed by atoms with Crippen molar-refractivity contribution in [2.75, 3.05) is 25.6 Å². The van der Waals surface area contributed by atoms with E-state index in [2.05, 4.69) is 20.3 Å². The number of rotatable bonds is 6. The van der Waals surface area contributed by atoms with Crippen LogP contribution in [-0.2, 0) is 11.3 Å². The zero-order valence-electron chi connectivity index (χ0n) is 21.9. The molecule has 2 N–H and O–H groups in total. The summed E-state index contributed by atoms with van der Waals surface area (Å²) in [5, 5.41) is 13.2. The van der Waals surface area contributed by atoms with Gasteiger partial charge in [0.1, 0.15) is 22.9 Å². The Labute approximate surface area is 232 Å². The Morgan fingerprint density at radius 1 is 1.18 bits per heavy atom. The maximum absolute atomic E-state index is 12.3. The number of hydrogen-bond donors (Lipinski definition) is 2. The van der Waals surface area contributed by atoms with Gasteiger partial charge in [-0.15, -0.1) is 11.3 Å². The molecule has 1 aliphatic heterocycles. The van der Waals surface area contributed by atoms with Gasteiger partial charge in [-0.2, -0.15) is 0 Å². The van der Waals surface area contributed by atoms with Crippen LogP contribution in [0.25, 0.3) is 31.8 Å². The normalized spacial score (nSPS) is 14.3. The van der Waals surface area contributed by atoms with Crippen LogP contribution in [0.15, 0.2) is 42.7 Å². The van der Waals surface area contributed by atoms with Crippen LogP contribution in [0.3, 0.4) is 0 Å². The number of methoxy groups -OCH3 is 1. The molecule has 2 aromatic carbocycles. The third-order valence-electron chi connectivity index (χ3n) is 6.34. The monoisotopic (exact) mass is 559 g/mol. The minimum Gasteiger partial charge on any atom is -0.484 e. The van der Waals surface area contributed by atoms with Crippen molar-refractivity contribution < 1.29 is 28.8 Å². The van der Waals surface area contributed by atoms with E-state index in [1.807, 2.05) is 26.0 Å². The number of nitrogens with one attached hydrogen (secondary N) is 1. The zero-order chi connectivity index (χ0) is 27.8. The largest absolute Gasteiger partial charge is 0.484 e. The Morgan fingerprint density at radius 2 is 2.05 bits per heavy atom. The van der Waals surface area contributed by atoms with E-state index in [9.17, 15) is 9.90 Å². The lowest BCUT2D eigenvalue weighted by atomic mass is 10.1. The summed E-state index contributed by atoms with van der Waals surface area (Å²) in [7, 11) is 1.53. The molecule has 6 rings (SSSR count). The summed E-state index contributed by atoms with van der Waals surface area (Å²) in [4.78, 5) is 30.3. The Balaban J connectivity index is 1.25. The summed E-state index contributed by atoms with van der Waals surface area (Å²) < 4.78 is 23.7. The van der Waals surface area contributed by atoms with E-state index >= 15 is 0 Å². The van der Waals surface area contributed by atoms with Crippen LogP contribution in [0.2, 0.25) is 0 Å². The van der Waals surface area contributed by atoms with Gasteiger partial charge < -0.3 is 24.1 Å². The Hall–Kier alpha value is -4.55. The quantitative estimate of drug-likeness (QED) is 0.298. The molecule has 1 amide bonds. The van der Waals surface area contributed by atoms with Crippen molar-refractivity contribution in [3.8, 4) is 28.0 Å². The highest BCUT2D eigenvalue weighted by molar-refractivity contribution is 7.22. The van der Waals surface area contributed by atoms with Crippen molar-refractivity contribution in [2.24, 2.45) is 0 Å². The van der Waals surface area contributed by atoms with Crippen molar-refractivity contribution in [3.05, 3.63) is 59.5 Å². The average Bonchev–Trinajstić information content (AvgIpc) is 3.41. The fraction of sp³-hybridized carbons (Fsp3) is 0.250. The van der Waals surface area contributed by atoms with Gasteiger partial charge in [-0.25, -0.2) is 19.7 Å². The molecule has 0 unspecified atom stereocenters. The second-order valence-electron chi connectivity index (χ2n) is 9.26. The van der Waals surface area contributed by atoms with E-state index in [4.69, 9.17) is 23.9 Å². The number of aliphatic hydroxyl groups is 1. The number of nitrogens with zero attached hydrogens (tertiary/aromatic N) is 4. The lowest BCUT2D eigenvalue weighted by Crippen LogP contribution is -2.35. The number of hydrogen-bond acceptors (Lipinski definition) is 11. The van der Waals surface area contributed by atoms with Gasteiger partial charge in [0.05, 0.1) is 36.5 Å². The summed E-state index contributed by atoms with van der Waals surface area (Å²) in [5.74, 6) is 1.54.